The fourth-order valence-electron chi connectivity index (χ4n) is 2.89. The van der Waals surface area contributed by atoms with Crippen LogP contribution in [0, 0.1) is 5.82 Å². The SMILES string of the molecule is O=C(NCCc1nc2ccccc2[nH]1)c1cccnc1Nc1ccccc1F. The van der Waals surface area contributed by atoms with Crippen LogP contribution in [-0.2, 0) is 6.42 Å². The van der Waals surface area contributed by atoms with E-state index in [9.17, 15) is 9.18 Å². The van der Waals surface area contributed by atoms with Crippen LogP contribution < -0.4 is 10.6 Å². The molecular weight excluding hydrogens is 357 g/mol. The van der Waals surface area contributed by atoms with E-state index in [0.717, 1.165) is 16.9 Å². The zero-order valence-electron chi connectivity index (χ0n) is 14.9. The molecule has 28 heavy (non-hydrogen) atoms. The predicted molar refractivity (Wildman–Crippen MR) is 106 cm³/mol. The molecule has 0 unspecified atom stereocenters. The van der Waals surface area contributed by atoms with Crippen molar-refractivity contribution in [1.82, 2.24) is 20.3 Å². The van der Waals surface area contributed by atoms with Gasteiger partial charge in [0.1, 0.15) is 17.5 Å². The molecule has 6 nitrogen and oxygen atoms in total. The number of aromatic amines is 1. The number of hydrogen-bond acceptors (Lipinski definition) is 4. The van der Waals surface area contributed by atoms with E-state index in [1.54, 1.807) is 36.5 Å². The van der Waals surface area contributed by atoms with Crippen LogP contribution in [0.5, 0.6) is 0 Å². The summed E-state index contributed by atoms with van der Waals surface area (Å²) in [6.45, 7) is 0.409. The first kappa shape index (κ1) is 17.7. The number of para-hydroxylation sites is 3. The van der Waals surface area contributed by atoms with Gasteiger partial charge in [0.05, 0.1) is 22.3 Å². The highest BCUT2D eigenvalue weighted by molar-refractivity contribution is 5.99. The second-order valence-corrected chi connectivity index (χ2v) is 6.21. The van der Waals surface area contributed by atoms with Gasteiger partial charge in [-0.25, -0.2) is 14.4 Å². The first-order valence-electron chi connectivity index (χ1n) is 8.89. The van der Waals surface area contributed by atoms with Crippen LogP contribution in [0.2, 0.25) is 0 Å². The van der Waals surface area contributed by atoms with Gasteiger partial charge in [0.25, 0.3) is 5.91 Å². The Morgan fingerprint density at radius 1 is 1.04 bits per heavy atom. The molecule has 2 aromatic carbocycles. The molecule has 0 aliphatic rings. The summed E-state index contributed by atoms with van der Waals surface area (Å²) in [7, 11) is 0. The Balaban J connectivity index is 1.42. The predicted octanol–water partition coefficient (Wildman–Crippen LogP) is 3.81. The third-order valence-corrected chi connectivity index (χ3v) is 4.27. The van der Waals surface area contributed by atoms with Crippen molar-refractivity contribution in [3.8, 4) is 0 Å². The average Bonchev–Trinajstić information content (AvgIpc) is 3.13. The second kappa shape index (κ2) is 7.87. The monoisotopic (exact) mass is 375 g/mol. The van der Waals surface area contributed by atoms with Crippen LogP contribution >= 0.6 is 0 Å². The highest BCUT2D eigenvalue weighted by atomic mass is 19.1. The van der Waals surface area contributed by atoms with E-state index < -0.39 is 5.82 Å². The summed E-state index contributed by atoms with van der Waals surface area (Å²) < 4.78 is 13.9. The number of imidazole rings is 1. The Bertz CT molecular complexity index is 1090. The lowest BCUT2D eigenvalue weighted by molar-refractivity contribution is 0.0954. The Morgan fingerprint density at radius 2 is 1.86 bits per heavy atom. The maximum Gasteiger partial charge on any atom is 0.255 e. The molecule has 0 spiro atoms. The molecular formula is C21H18FN5O. The molecule has 0 radical (unpaired) electrons. The van der Waals surface area contributed by atoms with Gasteiger partial charge >= 0.3 is 0 Å². The molecule has 3 N–H and O–H groups in total. The molecule has 7 heteroatoms. The molecule has 0 aliphatic heterocycles. The number of aromatic nitrogens is 3. The number of carbonyl (C=O) groups is 1. The van der Waals surface area contributed by atoms with Crippen molar-refractivity contribution in [1.29, 1.82) is 0 Å². The number of carbonyl (C=O) groups excluding carboxylic acids is 1. The van der Waals surface area contributed by atoms with Gasteiger partial charge in [-0.2, -0.15) is 0 Å². The summed E-state index contributed by atoms with van der Waals surface area (Å²) in [6.07, 6.45) is 2.12. The van der Waals surface area contributed by atoms with E-state index in [0.29, 0.717) is 24.3 Å². The number of halogens is 1. The van der Waals surface area contributed by atoms with E-state index in [4.69, 9.17) is 0 Å². The Morgan fingerprint density at radius 3 is 2.71 bits per heavy atom. The molecule has 4 aromatic rings. The number of nitrogens with one attached hydrogen (secondary N) is 3. The molecule has 2 heterocycles. The van der Waals surface area contributed by atoms with E-state index >= 15 is 0 Å². The minimum atomic E-state index is -0.413. The molecule has 0 saturated heterocycles. The molecule has 2 aromatic heterocycles. The van der Waals surface area contributed by atoms with E-state index in [1.807, 2.05) is 24.3 Å². The van der Waals surface area contributed by atoms with Crippen LogP contribution in [0.25, 0.3) is 11.0 Å². The minimum absolute atomic E-state index is 0.262. The van der Waals surface area contributed by atoms with Gasteiger partial charge < -0.3 is 15.6 Å². The normalized spacial score (nSPS) is 10.8. The van der Waals surface area contributed by atoms with Crippen molar-refractivity contribution in [3.05, 3.63) is 84.1 Å². The number of benzene rings is 2. The molecule has 0 bridgehead atoms. The molecule has 1 amide bonds. The maximum atomic E-state index is 13.9. The summed E-state index contributed by atoms with van der Waals surface area (Å²) in [5.74, 6) is 0.402. The van der Waals surface area contributed by atoms with E-state index in [-0.39, 0.29) is 11.6 Å². The smallest absolute Gasteiger partial charge is 0.255 e. The molecule has 0 fully saturated rings. The van der Waals surface area contributed by atoms with Crippen LogP contribution in [0.3, 0.4) is 0 Å². The van der Waals surface area contributed by atoms with Crippen molar-refractivity contribution in [2.45, 2.75) is 6.42 Å². The van der Waals surface area contributed by atoms with Gasteiger partial charge in [-0.15, -0.1) is 0 Å². The van der Waals surface area contributed by atoms with Gasteiger partial charge in [-0.3, -0.25) is 4.79 Å². The summed E-state index contributed by atoms with van der Waals surface area (Å²) in [6, 6.07) is 17.3. The Kier molecular flexibility index (Phi) is 4.97. The number of hydrogen-bond donors (Lipinski definition) is 3. The molecule has 0 saturated carbocycles. The highest BCUT2D eigenvalue weighted by Crippen LogP contribution is 2.20. The number of amides is 1. The highest BCUT2D eigenvalue weighted by Gasteiger charge is 2.13. The van der Waals surface area contributed by atoms with Crippen LogP contribution in [0.4, 0.5) is 15.9 Å². The van der Waals surface area contributed by atoms with Crippen LogP contribution in [0.15, 0.2) is 66.9 Å². The standard InChI is InChI=1S/C21H18FN5O/c22-15-7-1-2-8-16(15)27-20-14(6-5-12-23-20)21(28)24-13-11-19-25-17-9-3-4-10-18(17)26-19/h1-10,12H,11,13H2,(H,23,27)(H,24,28)(H,25,26). The zero-order chi connectivity index (χ0) is 19.3. The third kappa shape index (κ3) is 3.83. The van der Waals surface area contributed by atoms with Gasteiger partial charge in [0, 0.05) is 19.2 Å². The number of anilines is 2. The van der Waals surface area contributed by atoms with E-state index in [1.165, 1.54) is 6.07 Å². The quantitative estimate of drug-likeness (QED) is 0.479. The number of fused-ring (bicyclic) bond motifs is 1. The molecule has 140 valence electrons. The largest absolute Gasteiger partial charge is 0.351 e. The lowest BCUT2D eigenvalue weighted by Crippen LogP contribution is -2.26. The summed E-state index contributed by atoms with van der Waals surface area (Å²) in [5, 5.41) is 5.74. The average molecular weight is 375 g/mol. The van der Waals surface area contributed by atoms with Gasteiger partial charge in [0.2, 0.25) is 0 Å². The maximum absolute atomic E-state index is 13.9. The van der Waals surface area contributed by atoms with Crippen molar-refractivity contribution in [3.63, 3.8) is 0 Å². The molecule has 0 atom stereocenters. The summed E-state index contributed by atoms with van der Waals surface area (Å²) in [4.78, 5) is 24.5. The van der Waals surface area contributed by atoms with E-state index in [2.05, 4.69) is 25.6 Å². The number of rotatable bonds is 6. The first-order valence-corrected chi connectivity index (χ1v) is 8.89. The van der Waals surface area contributed by atoms with Gasteiger partial charge in [0.15, 0.2) is 0 Å². The minimum Gasteiger partial charge on any atom is -0.351 e. The summed E-state index contributed by atoms with van der Waals surface area (Å²) >= 11 is 0. The van der Waals surface area contributed by atoms with Crippen molar-refractivity contribution >= 4 is 28.4 Å². The topological polar surface area (TPSA) is 82.7 Å². The van der Waals surface area contributed by atoms with Crippen LogP contribution in [-0.4, -0.2) is 27.4 Å². The van der Waals surface area contributed by atoms with Crippen LogP contribution in [0.1, 0.15) is 16.2 Å². The fraction of sp³-hybridized carbons (Fsp3) is 0.0952. The second-order valence-electron chi connectivity index (χ2n) is 6.21. The van der Waals surface area contributed by atoms with Gasteiger partial charge in [-0.1, -0.05) is 24.3 Å². The Labute approximate surface area is 160 Å². The number of nitrogens with zero attached hydrogens (tertiary/aromatic N) is 2. The zero-order valence-corrected chi connectivity index (χ0v) is 14.9. The lowest BCUT2D eigenvalue weighted by Gasteiger charge is -2.11. The fourth-order valence-corrected chi connectivity index (χ4v) is 2.89. The summed E-state index contributed by atoms with van der Waals surface area (Å²) in [5.41, 5.74) is 2.47. The molecule has 0 aliphatic carbocycles. The lowest BCUT2D eigenvalue weighted by atomic mass is 10.2. The van der Waals surface area contributed by atoms with Crippen molar-refractivity contribution in [2.24, 2.45) is 0 Å². The number of H-pyrrole nitrogens is 1. The first-order chi connectivity index (χ1) is 13.7. The van der Waals surface area contributed by atoms with Gasteiger partial charge in [-0.05, 0) is 36.4 Å². The van der Waals surface area contributed by atoms with Crippen molar-refractivity contribution in [2.75, 3.05) is 11.9 Å². The number of pyridine rings is 1. The molecule has 4 rings (SSSR count). The van der Waals surface area contributed by atoms with Crippen molar-refractivity contribution < 1.29 is 9.18 Å². The Hall–Kier alpha value is -3.74. The third-order valence-electron chi connectivity index (χ3n) is 4.27.